The van der Waals surface area contributed by atoms with E-state index in [0.29, 0.717) is 17.8 Å². The minimum atomic E-state index is -0.776. The van der Waals surface area contributed by atoms with Gasteiger partial charge in [-0.1, -0.05) is 18.2 Å². The predicted octanol–water partition coefficient (Wildman–Crippen LogP) is 4.80. The van der Waals surface area contributed by atoms with Gasteiger partial charge in [0.05, 0.1) is 13.2 Å². The highest BCUT2D eigenvalue weighted by molar-refractivity contribution is 5.22. The summed E-state index contributed by atoms with van der Waals surface area (Å²) in [6, 6.07) is 4.28. The van der Waals surface area contributed by atoms with Crippen molar-refractivity contribution < 1.29 is 18.3 Å². The second-order valence-corrected chi connectivity index (χ2v) is 6.61. The first-order valence-corrected chi connectivity index (χ1v) is 8.48. The second-order valence-electron chi connectivity index (χ2n) is 6.61. The second kappa shape index (κ2) is 7.54. The van der Waals surface area contributed by atoms with Crippen LogP contribution in [0.25, 0.3) is 0 Å². The van der Waals surface area contributed by atoms with E-state index < -0.39 is 11.6 Å². The monoisotopic (exact) mass is 322 g/mol. The van der Waals surface area contributed by atoms with Crippen molar-refractivity contribution in [1.29, 1.82) is 0 Å². The van der Waals surface area contributed by atoms with E-state index >= 15 is 0 Å². The molecule has 0 aromatic heterocycles. The molecule has 1 aliphatic heterocycles. The molecule has 0 unspecified atom stereocenters. The highest BCUT2D eigenvalue weighted by Gasteiger charge is 2.32. The van der Waals surface area contributed by atoms with Gasteiger partial charge in [0.15, 0.2) is 17.9 Å². The quantitative estimate of drug-likeness (QED) is 0.744. The summed E-state index contributed by atoms with van der Waals surface area (Å²) in [6.07, 6.45) is 7.99. The maximum atomic E-state index is 13.4. The zero-order valence-electron chi connectivity index (χ0n) is 13.5. The van der Waals surface area contributed by atoms with Gasteiger partial charge in [-0.25, -0.2) is 8.78 Å². The van der Waals surface area contributed by atoms with Crippen molar-refractivity contribution >= 4 is 0 Å². The Labute approximate surface area is 136 Å². The van der Waals surface area contributed by atoms with Crippen molar-refractivity contribution in [3.63, 3.8) is 0 Å². The highest BCUT2D eigenvalue weighted by atomic mass is 19.2. The fourth-order valence-electron chi connectivity index (χ4n) is 3.68. The number of rotatable bonds is 3. The van der Waals surface area contributed by atoms with Gasteiger partial charge in [0.1, 0.15) is 0 Å². The van der Waals surface area contributed by atoms with E-state index in [1.807, 2.05) is 13.0 Å². The predicted molar refractivity (Wildman–Crippen MR) is 85.1 cm³/mol. The van der Waals surface area contributed by atoms with Gasteiger partial charge in [0.25, 0.3) is 0 Å². The maximum Gasteiger partial charge on any atom is 0.160 e. The Hall–Kier alpha value is -1.26. The van der Waals surface area contributed by atoms with Crippen LogP contribution in [0.15, 0.2) is 30.4 Å². The molecule has 0 atom stereocenters. The zero-order valence-corrected chi connectivity index (χ0v) is 13.5. The molecule has 4 heteroatoms. The van der Waals surface area contributed by atoms with Crippen LogP contribution in [0.2, 0.25) is 0 Å². The lowest BCUT2D eigenvalue weighted by molar-refractivity contribution is -0.222. The van der Waals surface area contributed by atoms with Gasteiger partial charge in [0, 0.05) is 11.8 Å². The topological polar surface area (TPSA) is 18.5 Å². The number of halogens is 2. The molecular formula is C19H24F2O2. The van der Waals surface area contributed by atoms with Crippen molar-refractivity contribution in [2.24, 2.45) is 11.8 Å². The summed E-state index contributed by atoms with van der Waals surface area (Å²) in [4.78, 5) is 0. The molecule has 0 spiro atoms. The molecule has 1 saturated heterocycles. The molecule has 1 aliphatic carbocycles. The molecule has 2 fully saturated rings. The van der Waals surface area contributed by atoms with Gasteiger partial charge in [0.2, 0.25) is 0 Å². The third kappa shape index (κ3) is 3.99. The molecule has 2 aliphatic rings. The molecule has 1 aromatic carbocycles. The summed E-state index contributed by atoms with van der Waals surface area (Å²) in [5.41, 5.74) is 0.904. The van der Waals surface area contributed by atoms with E-state index in [-0.39, 0.29) is 6.29 Å². The lowest BCUT2D eigenvalue weighted by atomic mass is 9.78. The fraction of sp³-hybridized carbons (Fsp3) is 0.579. The number of allylic oxidation sites excluding steroid dienone is 1. The molecule has 23 heavy (non-hydrogen) atoms. The van der Waals surface area contributed by atoms with E-state index in [0.717, 1.165) is 44.5 Å². The average Bonchev–Trinajstić information content (AvgIpc) is 2.59. The van der Waals surface area contributed by atoms with Gasteiger partial charge in [-0.05, 0) is 56.2 Å². The minimum absolute atomic E-state index is 0.109. The van der Waals surface area contributed by atoms with Gasteiger partial charge in [-0.15, -0.1) is 0 Å². The molecular weight excluding hydrogens is 298 g/mol. The lowest BCUT2D eigenvalue weighted by Gasteiger charge is -2.37. The summed E-state index contributed by atoms with van der Waals surface area (Å²) in [6.45, 7) is 3.45. The molecule has 0 radical (unpaired) electrons. The van der Waals surface area contributed by atoms with Crippen molar-refractivity contribution in [3.05, 3.63) is 47.5 Å². The molecule has 126 valence electrons. The highest BCUT2D eigenvalue weighted by Crippen LogP contribution is 2.39. The summed E-state index contributed by atoms with van der Waals surface area (Å²) < 4.78 is 38.2. The Balaban J connectivity index is 1.51. The summed E-state index contributed by atoms with van der Waals surface area (Å²) in [5.74, 6) is -0.459. The third-order valence-electron chi connectivity index (χ3n) is 4.99. The number of hydrogen-bond donors (Lipinski definition) is 0. The molecule has 1 heterocycles. The zero-order chi connectivity index (χ0) is 16.2. The van der Waals surface area contributed by atoms with Gasteiger partial charge < -0.3 is 9.47 Å². The SMILES string of the molecule is C/C=C/[C@H]1CO[C@H](C2CCC(c3ccc(F)c(F)c3)CC2)OC1. The summed E-state index contributed by atoms with van der Waals surface area (Å²) in [5, 5.41) is 0. The Bertz CT molecular complexity index is 542. The molecule has 0 N–H and O–H groups in total. The molecule has 1 saturated carbocycles. The van der Waals surface area contributed by atoms with Crippen LogP contribution in [0.4, 0.5) is 8.78 Å². The van der Waals surface area contributed by atoms with E-state index in [1.165, 1.54) is 12.1 Å². The van der Waals surface area contributed by atoms with Crippen molar-refractivity contribution in [2.75, 3.05) is 13.2 Å². The van der Waals surface area contributed by atoms with Crippen molar-refractivity contribution in [3.8, 4) is 0 Å². The summed E-state index contributed by atoms with van der Waals surface area (Å²) >= 11 is 0. The Morgan fingerprint density at radius 3 is 2.30 bits per heavy atom. The van der Waals surface area contributed by atoms with Crippen LogP contribution in [-0.4, -0.2) is 19.5 Å². The lowest BCUT2D eigenvalue weighted by Crippen LogP contribution is -2.37. The van der Waals surface area contributed by atoms with E-state index in [2.05, 4.69) is 6.08 Å². The molecule has 3 rings (SSSR count). The number of benzene rings is 1. The Kier molecular flexibility index (Phi) is 5.44. The third-order valence-corrected chi connectivity index (χ3v) is 4.99. The normalized spacial score (nSPS) is 32.3. The first-order valence-electron chi connectivity index (χ1n) is 8.48. The summed E-state index contributed by atoms with van der Waals surface area (Å²) in [7, 11) is 0. The Morgan fingerprint density at radius 1 is 1.00 bits per heavy atom. The van der Waals surface area contributed by atoms with Gasteiger partial charge in [-0.3, -0.25) is 0 Å². The van der Waals surface area contributed by atoms with Crippen molar-refractivity contribution in [2.45, 2.75) is 44.8 Å². The van der Waals surface area contributed by atoms with Crippen LogP contribution >= 0.6 is 0 Å². The average molecular weight is 322 g/mol. The minimum Gasteiger partial charge on any atom is -0.352 e. The van der Waals surface area contributed by atoms with Crippen LogP contribution in [0.3, 0.4) is 0 Å². The molecule has 0 amide bonds. The maximum absolute atomic E-state index is 13.4. The smallest absolute Gasteiger partial charge is 0.160 e. The molecule has 0 bridgehead atoms. The van der Waals surface area contributed by atoms with E-state index in [9.17, 15) is 8.78 Å². The van der Waals surface area contributed by atoms with Crippen LogP contribution in [0, 0.1) is 23.5 Å². The first kappa shape index (κ1) is 16.6. The van der Waals surface area contributed by atoms with Crippen LogP contribution < -0.4 is 0 Å². The van der Waals surface area contributed by atoms with Crippen LogP contribution in [0.5, 0.6) is 0 Å². The van der Waals surface area contributed by atoms with Crippen molar-refractivity contribution in [1.82, 2.24) is 0 Å². The standard InChI is InChI=1S/C19H24F2O2/c1-2-3-13-11-22-19(23-12-13)15-6-4-14(5-7-15)16-8-9-17(20)18(21)10-16/h2-3,8-10,13-15,19H,4-7,11-12H2,1H3/b3-2+/t13-,14?,15?,19-. The van der Waals surface area contributed by atoms with Crippen LogP contribution in [0.1, 0.15) is 44.1 Å². The number of ether oxygens (including phenoxy) is 2. The number of hydrogen-bond acceptors (Lipinski definition) is 2. The fourth-order valence-corrected chi connectivity index (χ4v) is 3.68. The molecule has 1 aromatic rings. The van der Waals surface area contributed by atoms with Gasteiger partial charge in [-0.2, -0.15) is 0 Å². The van der Waals surface area contributed by atoms with E-state index in [1.54, 1.807) is 6.07 Å². The van der Waals surface area contributed by atoms with Crippen LogP contribution in [-0.2, 0) is 9.47 Å². The Morgan fingerprint density at radius 2 is 1.70 bits per heavy atom. The molecule has 2 nitrogen and oxygen atoms in total. The van der Waals surface area contributed by atoms with Gasteiger partial charge >= 0.3 is 0 Å². The first-order chi connectivity index (χ1) is 11.2. The largest absolute Gasteiger partial charge is 0.352 e. The van der Waals surface area contributed by atoms with E-state index in [4.69, 9.17) is 9.47 Å².